The lowest BCUT2D eigenvalue weighted by Crippen LogP contribution is -2.47. The molecule has 2 aromatic rings. The Kier molecular flexibility index (Phi) is 7.63. The second kappa shape index (κ2) is 9.59. The molecule has 0 heterocycles. The van der Waals surface area contributed by atoms with Gasteiger partial charge in [-0.2, -0.15) is 0 Å². The zero-order valence-corrected chi connectivity index (χ0v) is 19.1. The molecule has 0 fully saturated rings. The topological polar surface area (TPSA) is 95.6 Å². The van der Waals surface area contributed by atoms with Crippen LogP contribution in [0.4, 0.5) is 5.69 Å². The van der Waals surface area contributed by atoms with E-state index in [4.69, 9.17) is 11.6 Å². The molecule has 9 heteroatoms. The molecule has 0 aliphatic rings. The number of carbonyl (C=O) groups is 2. The van der Waals surface area contributed by atoms with Gasteiger partial charge >= 0.3 is 0 Å². The van der Waals surface area contributed by atoms with Crippen molar-refractivity contribution in [2.45, 2.75) is 31.7 Å². The molecule has 7 nitrogen and oxygen atoms in total. The molecular formula is C21H26ClN3O4S. The number of hydrogen-bond acceptors (Lipinski definition) is 4. The van der Waals surface area contributed by atoms with Crippen LogP contribution in [-0.4, -0.2) is 44.7 Å². The summed E-state index contributed by atoms with van der Waals surface area (Å²) in [5.41, 5.74) is 1.16. The molecule has 30 heavy (non-hydrogen) atoms. The molecule has 2 aromatic carbocycles. The first-order valence-corrected chi connectivity index (χ1v) is 11.2. The van der Waals surface area contributed by atoms with E-state index in [0.717, 1.165) is 4.31 Å². The van der Waals surface area contributed by atoms with E-state index >= 15 is 0 Å². The summed E-state index contributed by atoms with van der Waals surface area (Å²) in [5.74, 6) is -1.14. The first-order valence-electron chi connectivity index (χ1n) is 9.34. The van der Waals surface area contributed by atoms with Gasteiger partial charge in [0.2, 0.25) is 15.9 Å². The van der Waals surface area contributed by atoms with Crippen LogP contribution in [0.1, 0.15) is 29.8 Å². The van der Waals surface area contributed by atoms with Crippen molar-refractivity contribution in [2.75, 3.05) is 19.4 Å². The maximum atomic E-state index is 12.9. The lowest BCUT2D eigenvalue weighted by molar-refractivity contribution is -0.118. The summed E-state index contributed by atoms with van der Waals surface area (Å²) < 4.78 is 26.1. The first-order chi connectivity index (χ1) is 13.9. The maximum Gasteiger partial charge on any atom is 0.253 e. The number of nitrogens with zero attached hydrogens (tertiary/aromatic N) is 1. The molecule has 2 N–H and O–H groups in total. The zero-order chi connectivity index (χ0) is 22.6. The molecule has 0 unspecified atom stereocenters. The van der Waals surface area contributed by atoms with Gasteiger partial charge in [0.15, 0.2) is 0 Å². The summed E-state index contributed by atoms with van der Waals surface area (Å²) in [7, 11) is -0.778. The Morgan fingerprint density at radius 2 is 1.70 bits per heavy atom. The number of sulfonamides is 1. The minimum atomic E-state index is -3.66. The van der Waals surface area contributed by atoms with Gasteiger partial charge in [-0.25, -0.2) is 12.7 Å². The predicted octanol–water partition coefficient (Wildman–Crippen LogP) is 3.29. The molecule has 2 rings (SSSR count). The number of benzene rings is 2. The number of hydrogen-bond donors (Lipinski definition) is 2. The molecule has 0 radical (unpaired) electrons. The highest BCUT2D eigenvalue weighted by molar-refractivity contribution is 7.89. The Balaban J connectivity index is 2.26. The van der Waals surface area contributed by atoms with E-state index in [2.05, 4.69) is 10.6 Å². The number of amides is 2. The Hall–Kier alpha value is -2.42. The van der Waals surface area contributed by atoms with Crippen LogP contribution in [0.5, 0.6) is 0 Å². The number of aryl methyl sites for hydroxylation is 1. The van der Waals surface area contributed by atoms with Gasteiger partial charge in [-0.05, 0) is 42.7 Å². The highest BCUT2D eigenvalue weighted by Crippen LogP contribution is 2.23. The molecule has 0 aliphatic carbocycles. The van der Waals surface area contributed by atoms with Crippen LogP contribution >= 0.6 is 11.6 Å². The van der Waals surface area contributed by atoms with Crippen molar-refractivity contribution in [1.29, 1.82) is 0 Å². The number of rotatable bonds is 7. The van der Waals surface area contributed by atoms with Gasteiger partial charge in [-0.1, -0.05) is 43.6 Å². The van der Waals surface area contributed by atoms with Crippen LogP contribution in [-0.2, 0) is 14.8 Å². The molecule has 0 spiro atoms. The summed E-state index contributed by atoms with van der Waals surface area (Å²) in [5, 5.41) is 5.70. The van der Waals surface area contributed by atoms with Crippen LogP contribution in [0.25, 0.3) is 0 Å². The standard InChI is InChI=1S/C21H26ClN3O4S/c1-13(2)19(24-20(26)16-8-6-7-9-17(16)22)21(27)23-15-11-10-14(3)18(12-15)30(28,29)25(4)5/h6-13,19H,1-5H3,(H,23,27)(H,24,26)/t19-/m1/s1. The lowest BCUT2D eigenvalue weighted by Gasteiger charge is -2.22. The molecule has 0 bridgehead atoms. The van der Waals surface area contributed by atoms with Crippen LogP contribution in [0, 0.1) is 12.8 Å². The van der Waals surface area contributed by atoms with E-state index < -0.39 is 27.9 Å². The Morgan fingerprint density at radius 1 is 1.07 bits per heavy atom. The van der Waals surface area contributed by atoms with Gasteiger partial charge in [-0.3, -0.25) is 9.59 Å². The Morgan fingerprint density at radius 3 is 2.27 bits per heavy atom. The van der Waals surface area contributed by atoms with E-state index in [1.54, 1.807) is 57.2 Å². The van der Waals surface area contributed by atoms with Crippen molar-refractivity contribution in [1.82, 2.24) is 9.62 Å². The molecule has 2 amide bonds. The lowest BCUT2D eigenvalue weighted by atomic mass is 10.0. The molecule has 0 aromatic heterocycles. The fourth-order valence-corrected chi connectivity index (χ4v) is 4.14. The van der Waals surface area contributed by atoms with E-state index in [0.29, 0.717) is 11.3 Å². The third-order valence-corrected chi connectivity index (χ3v) is 6.86. The highest BCUT2D eigenvalue weighted by Gasteiger charge is 2.26. The number of anilines is 1. The fourth-order valence-electron chi connectivity index (χ4n) is 2.77. The maximum absolute atomic E-state index is 12.9. The summed E-state index contributed by atoms with van der Waals surface area (Å²) in [4.78, 5) is 25.6. The van der Waals surface area contributed by atoms with Gasteiger partial charge in [-0.15, -0.1) is 0 Å². The van der Waals surface area contributed by atoms with E-state index in [1.807, 2.05) is 0 Å². The number of halogens is 1. The average Bonchev–Trinajstić information content (AvgIpc) is 2.67. The van der Waals surface area contributed by atoms with Gasteiger partial charge < -0.3 is 10.6 Å². The van der Waals surface area contributed by atoms with Crippen LogP contribution in [0.15, 0.2) is 47.4 Å². The van der Waals surface area contributed by atoms with Crippen LogP contribution in [0.3, 0.4) is 0 Å². The summed E-state index contributed by atoms with van der Waals surface area (Å²) >= 11 is 6.07. The normalized spacial score (nSPS) is 12.7. The smallest absolute Gasteiger partial charge is 0.253 e. The van der Waals surface area contributed by atoms with Crippen LogP contribution in [0.2, 0.25) is 5.02 Å². The molecule has 1 atom stereocenters. The second-order valence-corrected chi connectivity index (χ2v) is 9.96. The average molecular weight is 452 g/mol. The second-order valence-electron chi connectivity index (χ2n) is 7.43. The van der Waals surface area contributed by atoms with Gasteiger partial charge in [0.25, 0.3) is 5.91 Å². The quantitative estimate of drug-likeness (QED) is 0.675. The summed E-state index contributed by atoms with van der Waals surface area (Å²) in [6, 6.07) is 10.4. The van der Waals surface area contributed by atoms with E-state index in [1.165, 1.54) is 20.2 Å². The van der Waals surface area contributed by atoms with Crippen molar-refractivity contribution < 1.29 is 18.0 Å². The molecule has 0 saturated carbocycles. The third-order valence-electron chi connectivity index (χ3n) is 4.57. The van der Waals surface area contributed by atoms with Crippen molar-refractivity contribution in [3.63, 3.8) is 0 Å². The number of carbonyl (C=O) groups excluding carboxylic acids is 2. The van der Waals surface area contributed by atoms with Crippen molar-refractivity contribution in [2.24, 2.45) is 5.92 Å². The number of nitrogens with one attached hydrogen (secondary N) is 2. The SMILES string of the molecule is Cc1ccc(NC(=O)[C@H](NC(=O)c2ccccc2Cl)C(C)C)cc1S(=O)(=O)N(C)C. The fraction of sp³-hybridized carbons (Fsp3) is 0.333. The Bertz CT molecular complexity index is 1050. The molecule has 162 valence electrons. The van der Waals surface area contributed by atoms with Gasteiger partial charge in [0.1, 0.15) is 6.04 Å². The van der Waals surface area contributed by atoms with Crippen LogP contribution < -0.4 is 10.6 Å². The molecule has 0 saturated heterocycles. The summed E-state index contributed by atoms with van der Waals surface area (Å²) in [6.07, 6.45) is 0. The van der Waals surface area contributed by atoms with Crippen molar-refractivity contribution in [3.05, 3.63) is 58.6 Å². The Labute approximate surface area is 182 Å². The van der Waals surface area contributed by atoms with E-state index in [-0.39, 0.29) is 21.4 Å². The third kappa shape index (κ3) is 5.38. The monoisotopic (exact) mass is 451 g/mol. The van der Waals surface area contributed by atoms with Gasteiger partial charge in [0, 0.05) is 19.8 Å². The predicted molar refractivity (Wildman–Crippen MR) is 118 cm³/mol. The molecular weight excluding hydrogens is 426 g/mol. The van der Waals surface area contributed by atoms with Crippen molar-refractivity contribution >= 4 is 39.1 Å². The minimum Gasteiger partial charge on any atom is -0.340 e. The largest absolute Gasteiger partial charge is 0.340 e. The highest BCUT2D eigenvalue weighted by atomic mass is 35.5. The minimum absolute atomic E-state index is 0.103. The zero-order valence-electron chi connectivity index (χ0n) is 17.6. The van der Waals surface area contributed by atoms with Gasteiger partial charge in [0.05, 0.1) is 15.5 Å². The molecule has 0 aliphatic heterocycles. The van der Waals surface area contributed by atoms with Crippen molar-refractivity contribution in [3.8, 4) is 0 Å². The first kappa shape index (κ1) is 23.9. The summed E-state index contributed by atoms with van der Waals surface area (Å²) in [6.45, 7) is 5.28. The van der Waals surface area contributed by atoms with E-state index in [9.17, 15) is 18.0 Å².